The van der Waals surface area contributed by atoms with Crippen LogP contribution in [0.4, 0.5) is 10.3 Å². The van der Waals surface area contributed by atoms with Crippen LogP contribution in [0.25, 0.3) is 11.0 Å². The van der Waals surface area contributed by atoms with Gasteiger partial charge in [-0.1, -0.05) is 11.6 Å². The molecule has 2 aromatic rings. The fraction of sp³-hybridized carbons (Fsp3) is 0.273. The predicted molar refractivity (Wildman–Crippen MR) is 67.8 cm³/mol. The van der Waals surface area contributed by atoms with Crippen molar-refractivity contribution < 1.29 is 9.18 Å². The second-order valence-electron chi connectivity index (χ2n) is 3.76. The third-order valence-corrected chi connectivity index (χ3v) is 2.79. The number of aromatic nitrogens is 2. The second-order valence-corrected chi connectivity index (χ2v) is 4.17. The number of fused-ring (bicyclic) bond motifs is 1. The van der Waals surface area contributed by atoms with Crippen LogP contribution in [0.3, 0.4) is 0 Å². The average molecular weight is 271 g/mol. The normalized spacial score (nSPS) is 10.8. The Morgan fingerprint density at radius 3 is 3.00 bits per heavy atom. The van der Waals surface area contributed by atoms with Gasteiger partial charge in [-0.25, -0.2) is 9.37 Å². The van der Waals surface area contributed by atoms with Gasteiger partial charge >= 0.3 is 0 Å². The van der Waals surface area contributed by atoms with Gasteiger partial charge in [0.05, 0.1) is 16.1 Å². The van der Waals surface area contributed by atoms with E-state index in [0.717, 1.165) is 0 Å². The van der Waals surface area contributed by atoms with Gasteiger partial charge in [-0.2, -0.15) is 0 Å². The minimum Gasteiger partial charge on any atom is -0.369 e. The number of anilines is 1. The number of imidazole rings is 1. The first-order valence-electron chi connectivity index (χ1n) is 5.40. The van der Waals surface area contributed by atoms with E-state index in [-0.39, 0.29) is 23.4 Å². The summed E-state index contributed by atoms with van der Waals surface area (Å²) < 4.78 is 14.8. The maximum Gasteiger partial charge on any atom is 0.240 e. The number of rotatable bonds is 3. The van der Waals surface area contributed by atoms with Crippen LogP contribution >= 0.6 is 11.6 Å². The highest BCUT2D eigenvalue weighted by Gasteiger charge is 2.13. The number of nitrogens with two attached hydrogens (primary N) is 1. The number of amides is 1. The number of halogens is 2. The van der Waals surface area contributed by atoms with Crippen molar-refractivity contribution in [2.24, 2.45) is 0 Å². The minimum atomic E-state index is -0.563. The lowest BCUT2D eigenvalue weighted by molar-refractivity contribution is -0.121. The van der Waals surface area contributed by atoms with Gasteiger partial charge in [0.25, 0.3) is 0 Å². The molecule has 0 atom stereocenters. The Balaban J connectivity index is 2.46. The lowest BCUT2D eigenvalue weighted by Crippen LogP contribution is -2.27. The molecule has 0 fully saturated rings. The first kappa shape index (κ1) is 12.6. The van der Waals surface area contributed by atoms with Gasteiger partial charge in [-0.15, -0.1) is 0 Å². The smallest absolute Gasteiger partial charge is 0.240 e. The van der Waals surface area contributed by atoms with Crippen LogP contribution in [-0.2, 0) is 11.3 Å². The van der Waals surface area contributed by atoms with Crippen molar-refractivity contribution >= 4 is 34.5 Å². The summed E-state index contributed by atoms with van der Waals surface area (Å²) in [5.41, 5.74) is 6.61. The van der Waals surface area contributed by atoms with Gasteiger partial charge in [0.2, 0.25) is 11.9 Å². The zero-order valence-corrected chi connectivity index (χ0v) is 10.5. The van der Waals surface area contributed by atoms with Crippen molar-refractivity contribution in [1.29, 1.82) is 0 Å². The highest BCUT2D eigenvalue weighted by Crippen LogP contribution is 2.24. The molecule has 0 saturated carbocycles. The quantitative estimate of drug-likeness (QED) is 0.889. The Morgan fingerprint density at radius 1 is 1.61 bits per heavy atom. The number of hydrogen-bond acceptors (Lipinski definition) is 3. The molecule has 7 heteroatoms. The number of benzene rings is 1. The molecule has 5 nitrogen and oxygen atoms in total. The predicted octanol–water partition coefficient (Wildman–Crippen LogP) is 1.55. The zero-order chi connectivity index (χ0) is 13.3. The lowest BCUT2D eigenvalue weighted by atomic mass is 10.3. The second kappa shape index (κ2) is 4.81. The molecule has 1 aromatic heterocycles. The Labute approximate surface area is 108 Å². The Kier molecular flexibility index (Phi) is 3.38. The molecule has 0 aliphatic carbocycles. The summed E-state index contributed by atoms with van der Waals surface area (Å²) in [5.74, 6) is -0.603. The van der Waals surface area contributed by atoms with Crippen LogP contribution in [0.15, 0.2) is 12.1 Å². The highest BCUT2D eigenvalue weighted by molar-refractivity contribution is 6.31. The largest absolute Gasteiger partial charge is 0.369 e. The zero-order valence-electron chi connectivity index (χ0n) is 9.70. The Hall–Kier alpha value is -1.82. The Bertz CT molecular complexity index is 611. The summed E-state index contributed by atoms with van der Waals surface area (Å²) >= 11 is 5.71. The summed E-state index contributed by atoms with van der Waals surface area (Å²) in [6, 6.07) is 2.61. The molecule has 3 N–H and O–H groups in total. The van der Waals surface area contributed by atoms with Gasteiger partial charge in [-0.3, -0.25) is 4.79 Å². The van der Waals surface area contributed by atoms with E-state index < -0.39 is 5.82 Å². The molecule has 0 aliphatic heterocycles. The van der Waals surface area contributed by atoms with E-state index in [2.05, 4.69) is 10.3 Å². The van der Waals surface area contributed by atoms with E-state index >= 15 is 0 Å². The highest BCUT2D eigenvalue weighted by atomic mass is 35.5. The standard InChI is InChI=1S/C11H12ClFN4O/c1-2-15-10(18)5-17-9-3-6(12)7(13)4-8(9)16-11(17)14/h3-4H,2,5H2,1H3,(H2,14,16)(H,15,18). The van der Waals surface area contributed by atoms with Gasteiger partial charge < -0.3 is 15.6 Å². The third kappa shape index (κ3) is 2.24. The number of nitrogens with zero attached hydrogens (tertiary/aromatic N) is 2. The molecule has 2 rings (SSSR count). The molecule has 1 amide bonds. The van der Waals surface area contributed by atoms with Gasteiger partial charge in [0, 0.05) is 12.6 Å². The van der Waals surface area contributed by atoms with E-state index in [9.17, 15) is 9.18 Å². The third-order valence-electron chi connectivity index (χ3n) is 2.50. The van der Waals surface area contributed by atoms with Gasteiger partial charge in [0.1, 0.15) is 12.4 Å². The molecule has 0 aliphatic rings. The number of nitrogens with one attached hydrogen (secondary N) is 1. The SMILES string of the molecule is CCNC(=O)Cn1c(N)nc2cc(F)c(Cl)cc21. The van der Waals surface area contributed by atoms with Crippen molar-refractivity contribution in [2.75, 3.05) is 12.3 Å². The number of likely N-dealkylation sites (N-methyl/N-ethyl adjacent to an activating group) is 1. The number of carbonyl (C=O) groups excluding carboxylic acids is 1. The summed E-state index contributed by atoms with van der Waals surface area (Å²) in [4.78, 5) is 15.5. The molecule has 0 unspecified atom stereocenters. The van der Waals surface area contributed by atoms with E-state index in [0.29, 0.717) is 17.6 Å². The van der Waals surface area contributed by atoms with Crippen molar-refractivity contribution in [2.45, 2.75) is 13.5 Å². The molecule has 0 radical (unpaired) electrons. The number of carbonyl (C=O) groups is 1. The van der Waals surface area contributed by atoms with Crippen molar-refractivity contribution in [1.82, 2.24) is 14.9 Å². The van der Waals surface area contributed by atoms with Gasteiger partial charge in [-0.05, 0) is 13.0 Å². The maximum absolute atomic E-state index is 13.3. The topological polar surface area (TPSA) is 72.9 Å². The van der Waals surface area contributed by atoms with Crippen LogP contribution < -0.4 is 11.1 Å². The molecule has 0 bridgehead atoms. The molecule has 1 aromatic carbocycles. The minimum absolute atomic E-state index is 0.0259. The molecular weight excluding hydrogens is 259 g/mol. The van der Waals surface area contributed by atoms with Crippen molar-refractivity contribution in [3.05, 3.63) is 23.0 Å². The number of hydrogen-bond donors (Lipinski definition) is 2. The fourth-order valence-corrected chi connectivity index (χ4v) is 1.86. The van der Waals surface area contributed by atoms with E-state index in [1.165, 1.54) is 16.7 Å². The average Bonchev–Trinajstić information content (AvgIpc) is 2.57. The summed E-state index contributed by atoms with van der Waals surface area (Å²) in [5, 5.41) is 2.62. The molecular formula is C11H12ClFN4O. The van der Waals surface area contributed by atoms with Crippen LogP contribution in [0.5, 0.6) is 0 Å². The molecule has 18 heavy (non-hydrogen) atoms. The summed E-state index contributed by atoms with van der Waals surface area (Å²) in [7, 11) is 0. The van der Waals surface area contributed by atoms with E-state index in [1.54, 1.807) is 0 Å². The molecule has 0 saturated heterocycles. The van der Waals surface area contributed by atoms with Crippen molar-refractivity contribution in [3.8, 4) is 0 Å². The molecule has 96 valence electrons. The van der Waals surface area contributed by atoms with Gasteiger partial charge in [0.15, 0.2) is 0 Å². The molecule has 1 heterocycles. The summed E-state index contributed by atoms with van der Waals surface area (Å²) in [6.07, 6.45) is 0. The van der Waals surface area contributed by atoms with Crippen LogP contribution in [0.1, 0.15) is 6.92 Å². The van der Waals surface area contributed by atoms with E-state index in [1.807, 2.05) is 6.92 Å². The fourth-order valence-electron chi connectivity index (χ4n) is 1.70. The lowest BCUT2D eigenvalue weighted by Gasteiger charge is -2.06. The first-order chi connectivity index (χ1) is 8.52. The maximum atomic E-state index is 13.3. The van der Waals surface area contributed by atoms with Crippen LogP contribution in [-0.4, -0.2) is 22.0 Å². The van der Waals surface area contributed by atoms with E-state index in [4.69, 9.17) is 17.3 Å². The van der Waals surface area contributed by atoms with Crippen LogP contribution in [0, 0.1) is 5.82 Å². The monoisotopic (exact) mass is 270 g/mol. The first-order valence-corrected chi connectivity index (χ1v) is 5.78. The Morgan fingerprint density at radius 2 is 2.33 bits per heavy atom. The van der Waals surface area contributed by atoms with Crippen molar-refractivity contribution in [3.63, 3.8) is 0 Å². The summed E-state index contributed by atoms with van der Waals surface area (Å²) in [6.45, 7) is 2.37. The van der Waals surface area contributed by atoms with Crippen LogP contribution in [0.2, 0.25) is 5.02 Å². The number of nitrogen functional groups attached to an aromatic ring is 1. The molecule has 0 spiro atoms.